The molecule has 37 heavy (non-hydrogen) atoms. The Bertz CT molecular complexity index is 999. The Labute approximate surface area is 215 Å². The molecular formula is C26H35BO10. The maximum absolute atomic E-state index is 14.0. The number of carbonyl (C=O) groups excluding carboxylic acids is 2. The van der Waals surface area contributed by atoms with Crippen LogP contribution < -0.4 is 5.46 Å². The van der Waals surface area contributed by atoms with Crippen molar-refractivity contribution in [2.75, 3.05) is 0 Å². The first kappa shape index (κ1) is 26.9. The summed E-state index contributed by atoms with van der Waals surface area (Å²) in [6.07, 6.45) is -6.40. The van der Waals surface area contributed by atoms with E-state index >= 15 is 0 Å². The molecule has 0 aromatic heterocycles. The van der Waals surface area contributed by atoms with Crippen LogP contribution in [0.3, 0.4) is 0 Å². The van der Waals surface area contributed by atoms with Crippen LogP contribution in [-0.4, -0.2) is 97.9 Å². The average molecular weight is 518 g/mol. The number of carbonyl (C=O) groups is 2. The molecule has 5 rings (SSSR count). The Hall–Kier alpha value is -1.70. The molecule has 4 fully saturated rings. The summed E-state index contributed by atoms with van der Waals surface area (Å²) in [7, 11) is 0. The third-order valence-electron chi connectivity index (χ3n) is 7.95. The second-order valence-electron chi connectivity index (χ2n) is 11.9. The summed E-state index contributed by atoms with van der Waals surface area (Å²) in [6, 6.07) is 8.19. The first-order valence-corrected chi connectivity index (χ1v) is 12.8. The number of ether oxygens (including phenoxy) is 4. The van der Waals surface area contributed by atoms with E-state index in [4.69, 9.17) is 18.9 Å². The quantitative estimate of drug-likeness (QED) is 0.373. The highest BCUT2D eigenvalue weighted by molar-refractivity contribution is 7.19. The Morgan fingerprint density at radius 2 is 1.14 bits per heavy atom. The van der Waals surface area contributed by atoms with Crippen LogP contribution in [0.15, 0.2) is 30.3 Å². The molecule has 11 heteroatoms. The van der Waals surface area contributed by atoms with Crippen molar-refractivity contribution in [3.63, 3.8) is 0 Å². The third-order valence-corrected chi connectivity index (χ3v) is 7.95. The van der Waals surface area contributed by atoms with Crippen LogP contribution in [0.1, 0.15) is 53.4 Å². The SMILES string of the molecule is CC1(C)O[C@H]2[C@H](C[C@](O)(C(=O)B(C(=O)[C@@]3(O)C[C@@H]4OC(C)(C)O[C@@H]4[C@@H](O)C3)c3ccccc3)C[C@@H]2O)O1. The minimum Gasteiger partial charge on any atom is -0.390 e. The number of fused-ring (bicyclic) bond motifs is 2. The van der Waals surface area contributed by atoms with Gasteiger partial charge in [-0.1, -0.05) is 35.8 Å². The number of benzene rings is 1. The molecule has 0 spiro atoms. The summed E-state index contributed by atoms with van der Waals surface area (Å²) < 4.78 is 23.2. The molecule has 2 saturated heterocycles. The molecule has 2 aliphatic carbocycles. The lowest BCUT2D eigenvalue weighted by Gasteiger charge is -2.42. The fraction of sp³-hybridized carbons (Fsp3) is 0.692. The molecule has 2 saturated carbocycles. The predicted octanol–water partition coefficient (Wildman–Crippen LogP) is -0.583. The van der Waals surface area contributed by atoms with Gasteiger partial charge in [0.25, 0.3) is 0 Å². The van der Waals surface area contributed by atoms with Gasteiger partial charge in [0, 0.05) is 25.7 Å². The van der Waals surface area contributed by atoms with Gasteiger partial charge >= 0.3 is 6.71 Å². The van der Waals surface area contributed by atoms with E-state index in [-0.39, 0.29) is 25.7 Å². The number of rotatable bonds is 5. The molecule has 2 aliphatic heterocycles. The molecule has 4 aliphatic rings. The molecule has 1 aromatic rings. The van der Waals surface area contributed by atoms with Crippen LogP contribution in [0.25, 0.3) is 0 Å². The monoisotopic (exact) mass is 518 g/mol. The lowest BCUT2D eigenvalue weighted by molar-refractivity contribution is -0.154. The van der Waals surface area contributed by atoms with Crippen LogP contribution in [0, 0.1) is 0 Å². The van der Waals surface area contributed by atoms with E-state index in [1.807, 2.05) is 0 Å². The van der Waals surface area contributed by atoms with Gasteiger partial charge in [0.15, 0.2) is 11.6 Å². The molecule has 0 radical (unpaired) electrons. The van der Waals surface area contributed by atoms with Crippen LogP contribution in [0.4, 0.5) is 0 Å². The van der Waals surface area contributed by atoms with E-state index in [2.05, 4.69) is 0 Å². The van der Waals surface area contributed by atoms with Crippen LogP contribution >= 0.6 is 0 Å². The van der Waals surface area contributed by atoms with Crippen LogP contribution in [-0.2, 0) is 28.5 Å². The van der Waals surface area contributed by atoms with Gasteiger partial charge in [0.1, 0.15) is 34.8 Å². The van der Waals surface area contributed by atoms with Gasteiger partial charge in [-0.25, -0.2) is 0 Å². The average Bonchev–Trinajstić information content (AvgIpc) is 3.28. The van der Waals surface area contributed by atoms with Gasteiger partial charge in [0.05, 0.1) is 24.4 Å². The van der Waals surface area contributed by atoms with Crippen molar-refractivity contribution in [1.29, 1.82) is 0 Å². The van der Waals surface area contributed by atoms with Crippen molar-refractivity contribution in [1.82, 2.24) is 0 Å². The number of hydrogen-bond donors (Lipinski definition) is 4. The fourth-order valence-corrected chi connectivity index (χ4v) is 6.46. The normalized spacial score (nSPS) is 42.1. The molecule has 8 atom stereocenters. The summed E-state index contributed by atoms with van der Waals surface area (Å²) in [6.45, 7) is 5.19. The van der Waals surface area contributed by atoms with Gasteiger partial charge in [-0.2, -0.15) is 0 Å². The standard InChI is InChI=1S/C26H35BO10/c1-23(2)34-17-12-25(32,10-15(28)19(17)36-23)21(30)27(14-8-6-5-7-9-14)22(31)26(33)11-16(29)20-18(13-26)35-24(3,4)37-20/h5-9,15-20,28-29,32-33H,10-13H2,1-4H3/t15-,16-,17-,18-,19+,20+,25-,26-/m0/s1. The van der Waals surface area contributed by atoms with Gasteiger partial charge in [-0.15, -0.1) is 0 Å². The molecule has 0 unspecified atom stereocenters. The van der Waals surface area contributed by atoms with Crippen molar-refractivity contribution >= 4 is 23.5 Å². The number of hydrogen-bond acceptors (Lipinski definition) is 10. The maximum Gasteiger partial charge on any atom is 0.341 e. The Balaban J connectivity index is 1.47. The summed E-state index contributed by atoms with van der Waals surface area (Å²) in [5.74, 6) is -2.00. The van der Waals surface area contributed by atoms with E-state index in [1.165, 1.54) is 0 Å². The minimum absolute atomic E-state index is 0.176. The molecule has 1 aromatic carbocycles. The van der Waals surface area contributed by atoms with Gasteiger partial charge in [-0.3, -0.25) is 0 Å². The second-order valence-corrected chi connectivity index (χ2v) is 11.9. The van der Waals surface area contributed by atoms with E-state index < -0.39 is 77.5 Å². The molecule has 0 amide bonds. The Kier molecular flexibility index (Phi) is 6.49. The van der Waals surface area contributed by atoms with E-state index in [9.17, 15) is 30.0 Å². The van der Waals surface area contributed by atoms with Gasteiger partial charge < -0.3 is 49.0 Å². The molecule has 4 N–H and O–H groups in total. The molecule has 202 valence electrons. The summed E-state index contributed by atoms with van der Waals surface area (Å²) in [5, 5.41) is 44.7. The third kappa shape index (κ3) is 4.81. The highest BCUT2D eigenvalue weighted by atomic mass is 16.8. The Morgan fingerprint density at radius 3 is 1.54 bits per heavy atom. The maximum atomic E-state index is 14.0. The second kappa shape index (κ2) is 8.92. The van der Waals surface area contributed by atoms with Gasteiger partial charge in [0.2, 0.25) is 0 Å². The lowest BCUT2D eigenvalue weighted by atomic mass is 9.33. The fourth-order valence-electron chi connectivity index (χ4n) is 6.46. The molecule has 10 nitrogen and oxygen atoms in total. The topological polar surface area (TPSA) is 152 Å². The van der Waals surface area contributed by atoms with E-state index in [1.54, 1.807) is 58.0 Å². The zero-order valence-electron chi connectivity index (χ0n) is 21.5. The van der Waals surface area contributed by atoms with Crippen molar-refractivity contribution in [3.05, 3.63) is 30.3 Å². The predicted molar refractivity (Wildman–Crippen MR) is 130 cm³/mol. The Morgan fingerprint density at radius 1 is 0.730 bits per heavy atom. The van der Waals surface area contributed by atoms with Crippen molar-refractivity contribution < 1.29 is 49.0 Å². The zero-order valence-corrected chi connectivity index (χ0v) is 21.5. The summed E-state index contributed by atoms with van der Waals surface area (Å²) in [5.41, 5.74) is -5.61. The number of aliphatic hydroxyl groups excluding tert-OH is 2. The van der Waals surface area contributed by atoms with Crippen molar-refractivity contribution in [3.8, 4) is 0 Å². The van der Waals surface area contributed by atoms with Crippen LogP contribution in [0.5, 0.6) is 0 Å². The number of aliphatic hydroxyl groups is 4. The van der Waals surface area contributed by atoms with Crippen molar-refractivity contribution in [2.24, 2.45) is 0 Å². The van der Waals surface area contributed by atoms with Gasteiger partial charge in [-0.05, 0) is 27.7 Å². The van der Waals surface area contributed by atoms with E-state index in [0.29, 0.717) is 5.46 Å². The van der Waals surface area contributed by atoms with Crippen molar-refractivity contribution in [2.45, 2.75) is 113 Å². The highest BCUT2D eigenvalue weighted by Gasteiger charge is 2.62. The molecule has 0 bridgehead atoms. The summed E-state index contributed by atoms with van der Waals surface area (Å²) in [4.78, 5) is 28.1. The smallest absolute Gasteiger partial charge is 0.341 e. The lowest BCUT2D eigenvalue weighted by Crippen LogP contribution is -2.67. The van der Waals surface area contributed by atoms with Crippen LogP contribution in [0.2, 0.25) is 0 Å². The first-order chi connectivity index (χ1) is 17.1. The summed E-state index contributed by atoms with van der Waals surface area (Å²) >= 11 is 0. The first-order valence-electron chi connectivity index (χ1n) is 12.8. The molecular weight excluding hydrogens is 483 g/mol. The largest absolute Gasteiger partial charge is 0.390 e. The highest BCUT2D eigenvalue weighted by Crippen LogP contribution is 2.44. The zero-order chi connectivity index (χ0) is 27.0. The minimum atomic E-state index is -2.11. The molecule has 2 heterocycles. The van der Waals surface area contributed by atoms with E-state index in [0.717, 1.165) is 0 Å².